The van der Waals surface area contributed by atoms with Crippen LogP contribution in [0.2, 0.25) is 5.15 Å². The van der Waals surface area contributed by atoms with Crippen LogP contribution in [0.3, 0.4) is 0 Å². The van der Waals surface area contributed by atoms with Crippen molar-refractivity contribution in [2.24, 2.45) is 0 Å². The Morgan fingerprint density at radius 2 is 2.33 bits per heavy atom. The van der Waals surface area contributed by atoms with Crippen molar-refractivity contribution >= 4 is 38.6 Å². The summed E-state index contributed by atoms with van der Waals surface area (Å²) in [5.74, 6) is -0.383. The summed E-state index contributed by atoms with van der Waals surface area (Å²) in [7, 11) is 0. The van der Waals surface area contributed by atoms with Crippen molar-refractivity contribution in [2.75, 3.05) is 0 Å². The van der Waals surface area contributed by atoms with Crippen LogP contribution in [0.25, 0.3) is 11.0 Å². The number of nitrogens with zero attached hydrogens (tertiary/aromatic N) is 1. The summed E-state index contributed by atoms with van der Waals surface area (Å²) >= 11 is 8.63. The lowest BCUT2D eigenvalue weighted by Gasteiger charge is -1.97. The van der Waals surface area contributed by atoms with Crippen LogP contribution < -0.4 is 0 Å². The fourth-order valence-corrected chi connectivity index (χ4v) is 1.46. The molecule has 0 bridgehead atoms. The molecule has 62 valence electrons. The van der Waals surface area contributed by atoms with Gasteiger partial charge in [-0.2, -0.15) is 0 Å². The molecule has 2 heterocycles. The van der Waals surface area contributed by atoms with E-state index in [1.165, 1.54) is 0 Å². The zero-order chi connectivity index (χ0) is 8.72. The molecule has 2 aromatic rings. The first kappa shape index (κ1) is 8.01. The Labute approximate surface area is 80.9 Å². The molecule has 0 aliphatic rings. The smallest absolute Gasteiger partial charge is 0.151 e. The van der Waals surface area contributed by atoms with Crippen molar-refractivity contribution < 1.29 is 4.39 Å². The molecule has 0 amide bonds. The average molecular weight is 249 g/mol. The summed E-state index contributed by atoms with van der Waals surface area (Å²) < 4.78 is 13.5. The molecule has 0 spiro atoms. The molecule has 0 fully saturated rings. The summed E-state index contributed by atoms with van der Waals surface area (Å²) in [6.45, 7) is 0. The molecule has 2 aromatic heterocycles. The zero-order valence-electron chi connectivity index (χ0n) is 5.74. The second-order valence-corrected chi connectivity index (χ2v) is 3.42. The van der Waals surface area contributed by atoms with Gasteiger partial charge in [-0.05, 0) is 22.0 Å². The number of pyridine rings is 1. The van der Waals surface area contributed by atoms with Gasteiger partial charge in [-0.15, -0.1) is 0 Å². The topological polar surface area (TPSA) is 28.7 Å². The second-order valence-electron chi connectivity index (χ2n) is 2.27. The molecule has 0 aromatic carbocycles. The van der Waals surface area contributed by atoms with Crippen LogP contribution in [0.5, 0.6) is 0 Å². The monoisotopic (exact) mass is 248 g/mol. The number of nitrogens with one attached hydrogen (secondary N) is 1. The van der Waals surface area contributed by atoms with Crippen molar-refractivity contribution in [3.8, 4) is 0 Å². The van der Waals surface area contributed by atoms with Gasteiger partial charge < -0.3 is 4.98 Å². The molecule has 5 heteroatoms. The van der Waals surface area contributed by atoms with Crippen LogP contribution in [0.15, 0.2) is 16.7 Å². The van der Waals surface area contributed by atoms with Gasteiger partial charge in [-0.25, -0.2) is 9.37 Å². The first-order chi connectivity index (χ1) is 5.70. The molecule has 0 aliphatic heterocycles. The third-order valence-corrected chi connectivity index (χ3v) is 2.77. The number of fused-ring (bicyclic) bond motifs is 1. The van der Waals surface area contributed by atoms with Crippen molar-refractivity contribution in [3.63, 3.8) is 0 Å². The lowest BCUT2D eigenvalue weighted by molar-refractivity contribution is 0.632. The Morgan fingerprint density at radius 3 is 3.08 bits per heavy atom. The van der Waals surface area contributed by atoms with Crippen LogP contribution in [0, 0.1) is 5.82 Å². The minimum Gasteiger partial charge on any atom is -0.346 e. The minimum absolute atomic E-state index is 0.127. The van der Waals surface area contributed by atoms with E-state index in [2.05, 4.69) is 25.9 Å². The Balaban J connectivity index is 2.94. The van der Waals surface area contributed by atoms with Crippen molar-refractivity contribution in [1.29, 1.82) is 0 Å². The Morgan fingerprint density at radius 1 is 1.58 bits per heavy atom. The van der Waals surface area contributed by atoms with E-state index in [-0.39, 0.29) is 15.4 Å². The first-order valence-corrected chi connectivity index (χ1v) is 4.35. The van der Waals surface area contributed by atoms with Gasteiger partial charge in [0.2, 0.25) is 0 Å². The van der Waals surface area contributed by atoms with Gasteiger partial charge in [0.05, 0.1) is 9.86 Å². The molecule has 0 aliphatic carbocycles. The molecule has 2 nitrogen and oxygen atoms in total. The summed E-state index contributed by atoms with van der Waals surface area (Å²) in [5, 5.41) is 0.564. The maximum atomic E-state index is 13.3. The fraction of sp³-hybridized carbons (Fsp3) is 0. The highest BCUT2D eigenvalue weighted by Crippen LogP contribution is 2.28. The van der Waals surface area contributed by atoms with Crippen LogP contribution in [0.4, 0.5) is 4.39 Å². The van der Waals surface area contributed by atoms with Crippen LogP contribution in [-0.2, 0) is 0 Å². The molecular weight excluding hydrogens is 246 g/mol. The number of hydrogen-bond acceptors (Lipinski definition) is 1. The highest BCUT2D eigenvalue weighted by Gasteiger charge is 2.11. The van der Waals surface area contributed by atoms with E-state index >= 15 is 0 Å². The number of hydrogen-bond donors (Lipinski definition) is 1. The predicted molar refractivity (Wildman–Crippen MR) is 48.8 cm³/mol. The number of aromatic amines is 1. The molecule has 0 atom stereocenters. The lowest BCUT2D eigenvalue weighted by atomic mass is 10.3. The highest BCUT2D eigenvalue weighted by atomic mass is 79.9. The Kier molecular flexibility index (Phi) is 1.81. The largest absolute Gasteiger partial charge is 0.346 e. The fourth-order valence-electron chi connectivity index (χ4n) is 0.986. The van der Waals surface area contributed by atoms with Crippen LogP contribution >= 0.6 is 27.5 Å². The third-order valence-electron chi connectivity index (χ3n) is 1.55. The standard InChI is InChI=1S/C7H3BrClFN2/c8-4-5(10)3-1-2-11-7(3)12-6(4)9/h1-2H,(H,11,12). The van der Waals surface area contributed by atoms with Gasteiger partial charge in [0.25, 0.3) is 0 Å². The van der Waals surface area contributed by atoms with Crippen LogP contribution in [-0.4, -0.2) is 9.97 Å². The number of aromatic nitrogens is 2. The zero-order valence-corrected chi connectivity index (χ0v) is 8.08. The molecule has 0 radical (unpaired) electrons. The summed E-state index contributed by atoms with van der Waals surface area (Å²) in [6.07, 6.45) is 1.61. The molecule has 0 saturated heterocycles. The highest BCUT2D eigenvalue weighted by molar-refractivity contribution is 9.10. The molecule has 1 N–H and O–H groups in total. The first-order valence-electron chi connectivity index (χ1n) is 3.17. The van der Waals surface area contributed by atoms with Gasteiger partial charge in [-0.1, -0.05) is 11.6 Å². The van der Waals surface area contributed by atoms with E-state index in [0.717, 1.165) is 0 Å². The number of halogens is 3. The molecule has 2 rings (SSSR count). The maximum absolute atomic E-state index is 13.3. The Bertz CT molecular complexity index is 440. The SMILES string of the molecule is Fc1c(Br)c(Cl)nc2[nH]ccc12. The molecule has 0 saturated carbocycles. The van der Waals surface area contributed by atoms with Crippen molar-refractivity contribution in [3.05, 3.63) is 27.7 Å². The summed E-state index contributed by atoms with van der Waals surface area (Å²) in [5.41, 5.74) is 0.459. The van der Waals surface area contributed by atoms with E-state index in [1.54, 1.807) is 12.3 Å². The predicted octanol–water partition coefficient (Wildman–Crippen LogP) is 3.12. The van der Waals surface area contributed by atoms with E-state index in [4.69, 9.17) is 11.6 Å². The number of rotatable bonds is 0. The van der Waals surface area contributed by atoms with E-state index in [0.29, 0.717) is 11.0 Å². The lowest BCUT2D eigenvalue weighted by Crippen LogP contribution is -1.85. The van der Waals surface area contributed by atoms with Gasteiger partial charge in [0, 0.05) is 6.20 Å². The summed E-state index contributed by atoms with van der Waals surface area (Å²) in [4.78, 5) is 6.69. The summed E-state index contributed by atoms with van der Waals surface area (Å²) in [6, 6.07) is 1.61. The molecule has 12 heavy (non-hydrogen) atoms. The van der Waals surface area contributed by atoms with Gasteiger partial charge >= 0.3 is 0 Å². The normalized spacial score (nSPS) is 10.9. The van der Waals surface area contributed by atoms with E-state index < -0.39 is 0 Å². The van der Waals surface area contributed by atoms with Crippen LogP contribution in [0.1, 0.15) is 0 Å². The van der Waals surface area contributed by atoms with E-state index in [1.807, 2.05) is 0 Å². The second kappa shape index (κ2) is 2.71. The minimum atomic E-state index is -0.383. The maximum Gasteiger partial charge on any atom is 0.151 e. The quantitative estimate of drug-likeness (QED) is 0.714. The number of H-pyrrole nitrogens is 1. The van der Waals surface area contributed by atoms with Gasteiger partial charge in [0.15, 0.2) is 5.82 Å². The Hall–Kier alpha value is -0.610. The van der Waals surface area contributed by atoms with Gasteiger partial charge in [0.1, 0.15) is 10.8 Å². The molecule has 0 unspecified atom stereocenters. The van der Waals surface area contributed by atoms with Crippen molar-refractivity contribution in [1.82, 2.24) is 9.97 Å². The molecular formula is C7H3BrClFN2. The third kappa shape index (κ3) is 1.03. The van der Waals surface area contributed by atoms with Gasteiger partial charge in [-0.3, -0.25) is 0 Å². The van der Waals surface area contributed by atoms with Crippen molar-refractivity contribution in [2.45, 2.75) is 0 Å². The van der Waals surface area contributed by atoms with E-state index in [9.17, 15) is 4.39 Å². The average Bonchev–Trinajstić information content (AvgIpc) is 2.48.